The zero-order valence-corrected chi connectivity index (χ0v) is 25.0. The van der Waals surface area contributed by atoms with Gasteiger partial charge in [0.25, 0.3) is 0 Å². The lowest BCUT2D eigenvalue weighted by Gasteiger charge is -2.59. The maximum atomic E-state index is 9.92. The summed E-state index contributed by atoms with van der Waals surface area (Å²) in [5, 5.41) is 9.92. The Balaban J connectivity index is 1.54. The van der Waals surface area contributed by atoms with Crippen molar-refractivity contribution in [3.8, 4) is 0 Å². The first-order chi connectivity index (χ1) is 15.9. The highest BCUT2D eigenvalue weighted by Gasteiger charge is 2.59. The second-order valence-electron chi connectivity index (χ2n) is 14.4. The molecule has 4 aliphatic carbocycles. The van der Waals surface area contributed by atoms with E-state index in [1.807, 2.05) is 0 Å². The Morgan fingerprint density at radius 3 is 2.15 bits per heavy atom. The summed E-state index contributed by atoms with van der Waals surface area (Å²) in [6.07, 6.45) is 13.7. The molecule has 0 radical (unpaired) electrons. The van der Waals surface area contributed by atoms with E-state index in [-0.39, 0.29) is 0 Å². The molecule has 0 aliphatic heterocycles. The van der Waals surface area contributed by atoms with Crippen LogP contribution in [0.5, 0.6) is 0 Å². The molecule has 1 N–H and O–H groups in total. The summed E-state index contributed by atoms with van der Waals surface area (Å²) in [6, 6.07) is 0. The van der Waals surface area contributed by atoms with E-state index in [2.05, 4.69) is 68.4 Å². The number of rotatable bonds is 7. The predicted molar refractivity (Wildman–Crippen MR) is 147 cm³/mol. The Hall–Kier alpha value is -0.123. The normalized spacial score (nSPS) is 41.3. The minimum Gasteiger partial charge on any atom is -0.413 e. The number of aliphatic hydroxyl groups is 1. The van der Waals surface area contributed by atoms with Gasteiger partial charge < -0.3 is 9.53 Å². The zero-order valence-electron chi connectivity index (χ0n) is 24.0. The fraction of sp³-hybridized carbons (Fsp3) is 0.935. The largest absolute Gasteiger partial charge is 0.413 e. The molecule has 0 bridgehead atoms. The Morgan fingerprint density at radius 1 is 0.912 bits per heavy atom. The third kappa shape index (κ3) is 4.03. The van der Waals surface area contributed by atoms with Gasteiger partial charge in [-0.3, -0.25) is 0 Å². The highest BCUT2D eigenvalue weighted by molar-refractivity contribution is 6.77. The van der Waals surface area contributed by atoms with Crippen LogP contribution in [0.3, 0.4) is 0 Å². The second kappa shape index (κ2) is 9.64. The molecule has 0 unspecified atom stereocenters. The molecular formula is C31H56O2Si. The smallest absolute Gasteiger partial charge is 0.200 e. The van der Waals surface area contributed by atoms with Crippen LogP contribution in [-0.2, 0) is 4.43 Å². The summed E-state index contributed by atoms with van der Waals surface area (Å²) in [4.78, 5) is 0. The average Bonchev–Trinajstić information content (AvgIpc) is 3.13. The molecule has 4 rings (SSSR count). The van der Waals surface area contributed by atoms with Gasteiger partial charge in [-0.1, -0.05) is 74.0 Å². The SMILES string of the molecule is CC(C)[Si](O[C@H]1CC[C@@]2(C)C(=CC[C@H]3[C@@H]4CC[C@H]([C@@H](C)CO)[C@@]4(C)CC[C@@H]32)C1)(C(C)C)C(C)C. The van der Waals surface area contributed by atoms with Crippen LogP contribution in [0.1, 0.15) is 114 Å². The first-order valence-corrected chi connectivity index (χ1v) is 17.0. The van der Waals surface area contributed by atoms with Crippen molar-refractivity contribution in [1.29, 1.82) is 0 Å². The van der Waals surface area contributed by atoms with Crippen LogP contribution in [0.25, 0.3) is 0 Å². The van der Waals surface area contributed by atoms with Gasteiger partial charge in [0.05, 0.1) is 0 Å². The lowest BCUT2D eigenvalue weighted by molar-refractivity contribution is -0.0593. The third-order valence-corrected chi connectivity index (χ3v) is 18.3. The molecule has 0 aromatic rings. The lowest BCUT2D eigenvalue weighted by atomic mass is 9.47. The minimum absolute atomic E-state index is 0.359. The van der Waals surface area contributed by atoms with E-state index in [1.54, 1.807) is 5.57 Å². The van der Waals surface area contributed by atoms with Crippen LogP contribution in [-0.4, -0.2) is 26.1 Å². The van der Waals surface area contributed by atoms with Crippen molar-refractivity contribution < 1.29 is 9.53 Å². The van der Waals surface area contributed by atoms with Gasteiger partial charge in [-0.2, -0.15) is 0 Å². The number of hydrogen-bond acceptors (Lipinski definition) is 2. The standard InChI is InChI=1S/C31H56O2Si/c1-20(2)34(21(3)4,22(5)6)33-25-14-16-30(8)24(18-25)10-11-26-28-13-12-27(23(7)19-32)31(28,9)17-15-29(26)30/h10,20-23,25-29,32H,11-19H2,1-9H3/t23-,25-,26-,27+,28-,29-,30-,31+/m0/s1. The van der Waals surface area contributed by atoms with Crippen LogP contribution < -0.4 is 0 Å². The van der Waals surface area contributed by atoms with Gasteiger partial charge in [0.15, 0.2) is 0 Å². The molecule has 0 saturated heterocycles. The van der Waals surface area contributed by atoms with Crippen LogP contribution in [0, 0.1) is 40.4 Å². The Kier molecular flexibility index (Phi) is 7.63. The van der Waals surface area contributed by atoms with Crippen LogP contribution >= 0.6 is 0 Å². The molecule has 2 nitrogen and oxygen atoms in total. The summed E-state index contributed by atoms with van der Waals surface area (Å²) < 4.78 is 7.31. The molecule has 0 amide bonds. The third-order valence-electron chi connectivity index (χ3n) is 12.2. The molecule has 0 spiro atoms. The molecule has 196 valence electrons. The molecule has 34 heavy (non-hydrogen) atoms. The summed E-state index contributed by atoms with van der Waals surface area (Å²) in [5.74, 6) is 3.74. The Bertz CT molecular complexity index is 735. The van der Waals surface area contributed by atoms with Gasteiger partial charge in [0, 0.05) is 12.7 Å². The monoisotopic (exact) mass is 488 g/mol. The van der Waals surface area contributed by atoms with Gasteiger partial charge >= 0.3 is 0 Å². The van der Waals surface area contributed by atoms with Crippen molar-refractivity contribution in [3.05, 3.63) is 11.6 Å². The summed E-state index contributed by atoms with van der Waals surface area (Å²) >= 11 is 0. The topological polar surface area (TPSA) is 29.5 Å². The zero-order chi connectivity index (χ0) is 25.1. The molecule has 0 heterocycles. The van der Waals surface area contributed by atoms with Crippen molar-refractivity contribution in [2.45, 2.75) is 136 Å². The lowest BCUT2D eigenvalue weighted by Crippen LogP contribution is -2.53. The summed E-state index contributed by atoms with van der Waals surface area (Å²) in [5.41, 5.74) is 4.59. The van der Waals surface area contributed by atoms with Gasteiger partial charge in [-0.25, -0.2) is 0 Å². The van der Waals surface area contributed by atoms with Crippen molar-refractivity contribution in [1.82, 2.24) is 0 Å². The van der Waals surface area contributed by atoms with E-state index < -0.39 is 8.32 Å². The number of hydrogen-bond donors (Lipinski definition) is 1. The Morgan fingerprint density at radius 2 is 1.56 bits per heavy atom. The molecule has 3 saturated carbocycles. The molecular weight excluding hydrogens is 432 g/mol. The van der Waals surface area contributed by atoms with E-state index in [0.29, 0.717) is 52.0 Å². The van der Waals surface area contributed by atoms with E-state index in [9.17, 15) is 5.11 Å². The number of allylic oxidation sites excluding steroid dienone is 1. The predicted octanol–water partition coefficient (Wildman–Crippen LogP) is 8.75. The molecule has 3 heteroatoms. The molecule has 0 aromatic heterocycles. The molecule has 8 atom stereocenters. The van der Waals surface area contributed by atoms with Crippen molar-refractivity contribution >= 4 is 8.32 Å². The highest BCUT2D eigenvalue weighted by atomic mass is 28.4. The van der Waals surface area contributed by atoms with Crippen LogP contribution in [0.15, 0.2) is 11.6 Å². The van der Waals surface area contributed by atoms with E-state index in [1.165, 1.54) is 51.4 Å². The number of fused-ring (bicyclic) bond motifs is 5. The highest BCUT2D eigenvalue weighted by Crippen LogP contribution is 2.67. The van der Waals surface area contributed by atoms with E-state index >= 15 is 0 Å². The maximum absolute atomic E-state index is 9.92. The van der Waals surface area contributed by atoms with Crippen LogP contribution in [0.4, 0.5) is 0 Å². The average molecular weight is 489 g/mol. The first kappa shape index (κ1) is 26.9. The van der Waals surface area contributed by atoms with Crippen molar-refractivity contribution in [3.63, 3.8) is 0 Å². The Labute approximate surface area is 212 Å². The van der Waals surface area contributed by atoms with Gasteiger partial charge in [0.2, 0.25) is 8.32 Å². The van der Waals surface area contributed by atoms with Gasteiger partial charge in [-0.15, -0.1) is 0 Å². The van der Waals surface area contributed by atoms with E-state index in [0.717, 1.165) is 17.8 Å². The quantitative estimate of drug-likeness (QED) is 0.287. The summed E-state index contributed by atoms with van der Waals surface area (Å²) in [7, 11) is -1.83. The minimum atomic E-state index is -1.83. The fourth-order valence-electron chi connectivity index (χ4n) is 10.5. The molecule has 3 fully saturated rings. The number of aliphatic hydroxyl groups excluding tert-OH is 1. The van der Waals surface area contributed by atoms with E-state index in [4.69, 9.17) is 4.43 Å². The second-order valence-corrected chi connectivity index (χ2v) is 19.9. The van der Waals surface area contributed by atoms with Crippen molar-refractivity contribution in [2.75, 3.05) is 6.61 Å². The van der Waals surface area contributed by atoms with Gasteiger partial charge in [-0.05, 0) is 108 Å². The first-order valence-electron chi connectivity index (χ1n) is 14.9. The van der Waals surface area contributed by atoms with Crippen molar-refractivity contribution in [2.24, 2.45) is 40.4 Å². The van der Waals surface area contributed by atoms with Crippen LogP contribution in [0.2, 0.25) is 16.6 Å². The summed E-state index contributed by atoms with van der Waals surface area (Å²) in [6.45, 7) is 22.4. The fourth-order valence-corrected chi connectivity index (χ4v) is 16.1. The molecule has 4 aliphatic rings. The van der Waals surface area contributed by atoms with Gasteiger partial charge in [0.1, 0.15) is 0 Å². The molecule has 0 aromatic carbocycles. The maximum Gasteiger partial charge on any atom is 0.200 e.